The minimum Gasteiger partial charge on any atom is -0.369 e. The van der Waals surface area contributed by atoms with E-state index in [4.69, 9.17) is 0 Å². The lowest BCUT2D eigenvalue weighted by Crippen LogP contribution is -2.45. The second kappa shape index (κ2) is 5.11. The Kier molecular flexibility index (Phi) is 3.47. The first-order valence-electron chi connectivity index (χ1n) is 7.91. The molecule has 1 saturated heterocycles. The Morgan fingerprint density at radius 3 is 2.57 bits per heavy atom. The molecule has 2 aliphatic heterocycles. The molecule has 2 heterocycles. The third-order valence-corrected chi connectivity index (χ3v) is 5.04. The Labute approximate surface area is 136 Å². The highest BCUT2D eigenvalue weighted by Crippen LogP contribution is 2.43. The van der Waals surface area contributed by atoms with Gasteiger partial charge in [-0.05, 0) is 68.0 Å². The summed E-state index contributed by atoms with van der Waals surface area (Å²) in [5.74, 6) is 0.0689. The van der Waals surface area contributed by atoms with Gasteiger partial charge in [0, 0.05) is 18.3 Å². The third-order valence-electron chi connectivity index (χ3n) is 5.04. The molecule has 0 aromatic heterocycles. The minimum absolute atomic E-state index is 0.123. The number of hydrogen-bond acceptors (Lipinski definition) is 3. The molecule has 0 saturated carbocycles. The number of rotatable bonds is 1. The number of fused-ring (bicyclic) bond motifs is 1. The number of aryl methyl sites for hydroxylation is 1. The van der Waals surface area contributed by atoms with Crippen LogP contribution in [-0.2, 0) is 4.79 Å². The van der Waals surface area contributed by atoms with Gasteiger partial charge in [-0.1, -0.05) is 6.92 Å². The van der Waals surface area contributed by atoms with E-state index in [0.717, 1.165) is 17.5 Å². The van der Waals surface area contributed by atoms with Gasteiger partial charge in [0.2, 0.25) is 0 Å². The van der Waals surface area contributed by atoms with Crippen LogP contribution in [-0.4, -0.2) is 24.5 Å². The Morgan fingerprint density at radius 1 is 1.26 bits per heavy atom. The van der Waals surface area contributed by atoms with Gasteiger partial charge in [-0.15, -0.1) is 0 Å². The van der Waals surface area contributed by atoms with E-state index in [0.29, 0.717) is 11.6 Å². The van der Waals surface area contributed by atoms with E-state index in [2.05, 4.69) is 55.5 Å². The molecule has 0 unspecified atom stereocenters. The van der Waals surface area contributed by atoms with E-state index in [1.165, 1.54) is 11.3 Å². The van der Waals surface area contributed by atoms with Crippen LogP contribution in [0.15, 0.2) is 17.8 Å². The molecule has 0 spiro atoms. The first-order chi connectivity index (χ1) is 10.7. The van der Waals surface area contributed by atoms with Gasteiger partial charge >= 0.3 is 6.03 Å². The first-order valence-corrected chi connectivity index (χ1v) is 7.91. The fourth-order valence-electron chi connectivity index (χ4n) is 3.53. The van der Waals surface area contributed by atoms with E-state index in [9.17, 15) is 9.59 Å². The number of urea groups is 1. The zero-order chi connectivity index (χ0) is 16.9. The maximum Gasteiger partial charge on any atom is 0.326 e. The van der Waals surface area contributed by atoms with Crippen molar-refractivity contribution in [2.45, 2.75) is 45.6 Å². The molecule has 2 N–H and O–H groups in total. The summed E-state index contributed by atoms with van der Waals surface area (Å²) in [6.45, 7) is 8.79. The quantitative estimate of drug-likeness (QED) is 0.619. The number of imide groups is 1. The highest BCUT2D eigenvalue weighted by molar-refractivity contribution is 6.14. The molecule has 5 nitrogen and oxygen atoms in total. The van der Waals surface area contributed by atoms with Crippen LogP contribution < -0.4 is 15.5 Å². The molecule has 1 aromatic carbocycles. The van der Waals surface area contributed by atoms with Gasteiger partial charge in [-0.3, -0.25) is 10.1 Å². The summed E-state index contributed by atoms with van der Waals surface area (Å²) < 4.78 is 0. The Morgan fingerprint density at radius 2 is 1.96 bits per heavy atom. The van der Waals surface area contributed by atoms with Gasteiger partial charge in [0.25, 0.3) is 5.91 Å². The molecule has 3 amide bonds. The van der Waals surface area contributed by atoms with E-state index in [1.54, 1.807) is 6.08 Å². The van der Waals surface area contributed by atoms with Gasteiger partial charge in [-0.2, -0.15) is 0 Å². The lowest BCUT2D eigenvalue weighted by Gasteiger charge is -2.45. The van der Waals surface area contributed by atoms with Gasteiger partial charge in [0.15, 0.2) is 0 Å². The lowest BCUT2D eigenvalue weighted by molar-refractivity contribution is -0.115. The molecule has 0 radical (unpaired) electrons. The molecule has 0 aliphatic carbocycles. The van der Waals surface area contributed by atoms with Gasteiger partial charge in [0.1, 0.15) is 5.70 Å². The minimum atomic E-state index is -0.466. The predicted molar refractivity (Wildman–Crippen MR) is 91.3 cm³/mol. The standard InChI is InChI=1S/C18H23N3O2/c1-10-6-15-13(11(2)9-18(3,4)21(15)5)7-12(10)8-14-16(22)20-17(23)19-14/h6-8,11H,9H2,1-5H3,(H2,19,20,22,23)/b14-8+/t11-/m0/s1. The third kappa shape index (κ3) is 2.60. The van der Waals surface area contributed by atoms with Crippen molar-refractivity contribution in [1.29, 1.82) is 0 Å². The van der Waals surface area contributed by atoms with Crippen molar-refractivity contribution in [1.82, 2.24) is 10.6 Å². The Bertz CT molecular complexity index is 734. The van der Waals surface area contributed by atoms with E-state index >= 15 is 0 Å². The smallest absolute Gasteiger partial charge is 0.326 e. The van der Waals surface area contributed by atoms with Crippen molar-refractivity contribution < 1.29 is 9.59 Å². The topological polar surface area (TPSA) is 61.4 Å². The molecule has 122 valence electrons. The normalized spacial score (nSPS) is 24.5. The molecule has 23 heavy (non-hydrogen) atoms. The summed E-state index contributed by atoms with van der Waals surface area (Å²) in [6.07, 6.45) is 2.83. The van der Waals surface area contributed by atoms with Crippen LogP contribution in [0.2, 0.25) is 0 Å². The van der Waals surface area contributed by atoms with Gasteiger partial charge in [0.05, 0.1) is 0 Å². The summed E-state index contributed by atoms with van der Waals surface area (Å²) in [5, 5.41) is 4.77. The van der Waals surface area contributed by atoms with Crippen molar-refractivity contribution in [3.63, 3.8) is 0 Å². The molecule has 5 heteroatoms. The maximum absolute atomic E-state index is 11.7. The summed E-state index contributed by atoms with van der Waals surface area (Å²) in [4.78, 5) is 25.3. The number of nitrogens with zero attached hydrogens (tertiary/aromatic N) is 1. The molecule has 3 rings (SSSR count). The second-order valence-corrected chi connectivity index (χ2v) is 7.21. The molecular weight excluding hydrogens is 290 g/mol. The fraction of sp³-hybridized carbons (Fsp3) is 0.444. The van der Waals surface area contributed by atoms with Gasteiger partial charge in [-0.25, -0.2) is 4.79 Å². The van der Waals surface area contributed by atoms with Crippen LogP contribution in [0.5, 0.6) is 0 Å². The number of nitrogens with one attached hydrogen (secondary N) is 2. The average molecular weight is 313 g/mol. The van der Waals surface area contributed by atoms with E-state index in [1.807, 2.05) is 6.92 Å². The lowest BCUT2D eigenvalue weighted by atomic mass is 9.79. The molecule has 1 fully saturated rings. The van der Waals surface area contributed by atoms with E-state index in [-0.39, 0.29) is 11.4 Å². The number of carbonyl (C=O) groups excluding carboxylic acids is 2. The van der Waals surface area contributed by atoms with Crippen LogP contribution in [0.3, 0.4) is 0 Å². The van der Waals surface area contributed by atoms with Crippen molar-refractivity contribution >= 4 is 23.7 Å². The summed E-state index contributed by atoms with van der Waals surface area (Å²) in [6, 6.07) is 3.85. The highest BCUT2D eigenvalue weighted by atomic mass is 16.2. The van der Waals surface area contributed by atoms with Crippen LogP contribution in [0.1, 0.15) is 49.8 Å². The van der Waals surface area contributed by atoms with Gasteiger partial charge < -0.3 is 10.2 Å². The predicted octanol–water partition coefficient (Wildman–Crippen LogP) is 2.90. The first kappa shape index (κ1) is 15.6. The fourth-order valence-corrected chi connectivity index (χ4v) is 3.53. The van der Waals surface area contributed by atoms with Crippen molar-refractivity contribution in [2.24, 2.45) is 0 Å². The largest absolute Gasteiger partial charge is 0.369 e. The molecule has 2 aliphatic rings. The van der Waals surface area contributed by atoms with Crippen LogP contribution in [0.4, 0.5) is 10.5 Å². The van der Waals surface area contributed by atoms with Crippen LogP contribution in [0.25, 0.3) is 6.08 Å². The maximum atomic E-state index is 11.7. The zero-order valence-electron chi connectivity index (χ0n) is 14.3. The Balaban J connectivity index is 2.06. The number of carbonyl (C=O) groups is 2. The zero-order valence-corrected chi connectivity index (χ0v) is 14.3. The van der Waals surface area contributed by atoms with Crippen molar-refractivity contribution in [3.8, 4) is 0 Å². The molecule has 1 atom stereocenters. The van der Waals surface area contributed by atoms with E-state index < -0.39 is 6.03 Å². The highest BCUT2D eigenvalue weighted by Gasteiger charge is 2.34. The van der Waals surface area contributed by atoms with Crippen LogP contribution >= 0.6 is 0 Å². The number of benzene rings is 1. The Hall–Kier alpha value is -2.30. The molecular formula is C18H23N3O2. The average Bonchev–Trinajstić information content (AvgIpc) is 2.76. The van der Waals surface area contributed by atoms with Crippen molar-refractivity contribution in [3.05, 3.63) is 34.5 Å². The van der Waals surface area contributed by atoms with Crippen molar-refractivity contribution in [2.75, 3.05) is 11.9 Å². The molecule has 1 aromatic rings. The summed E-state index contributed by atoms with van der Waals surface area (Å²) in [5.41, 5.74) is 5.01. The summed E-state index contributed by atoms with van der Waals surface area (Å²) >= 11 is 0. The molecule has 0 bridgehead atoms. The monoisotopic (exact) mass is 313 g/mol. The second-order valence-electron chi connectivity index (χ2n) is 7.21. The summed E-state index contributed by atoms with van der Waals surface area (Å²) in [7, 11) is 2.13. The SMILES string of the molecule is Cc1cc2c(cc1/C=C1/NC(=O)NC1=O)[C@@H](C)CC(C)(C)N2C. The van der Waals surface area contributed by atoms with Crippen LogP contribution in [0, 0.1) is 6.92 Å². The number of hydrogen-bond donors (Lipinski definition) is 2. The number of amides is 3. The number of anilines is 1.